The molecule has 1 fully saturated rings. The Hall–Kier alpha value is -1.84. The van der Waals surface area contributed by atoms with Gasteiger partial charge in [-0.05, 0) is 79.4 Å². The van der Waals surface area contributed by atoms with Crippen LogP contribution in [-0.2, 0) is 0 Å². The number of nitrogens with zero attached hydrogens (tertiary/aromatic N) is 1. The third kappa shape index (κ3) is 5.61. The highest BCUT2D eigenvalue weighted by Crippen LogP contribution is 2.38. The number of likely N-dealkylation sites (tertiary alicyclic amines) is 1. The van der Waals surface area contributed by atoms with Crippen LogP contribution in [0.4, 0.5) is 0 Å². The van der Waals surface area contributed by atoms with Crippen molar-refractivity contribution in [3.05, 3.63) is 65.2 Å². The van der Waals surface area contributed by atoms with Gasteiger partial charge in [0.1, 0.15) is 5.75 Å². The molecule has 1 saturated heterocycles. The molecule has 1 aliphatic heterocycles. The number of hydrogen-bond donors (Lipinski definition) is 1. The van der Waals surface area contributed by atoms with Crippen LogP contribution in [0, 0.1) is 0 Å². The summed E-state index contributed by atoms with van der Waals surface area (Å²) in [4.78, 5) is 2.40. The smallest absolute Gasteiger partial charge is 0.118 e. The van der Waals surface area contributed by atoms with Crippen LogP contribution in [0.15, 0.2) is 48.5 Å². The molecule has 2 aromatic rings. The van der Waals surface area contributed by atoms with Crippen LogP contribution in [0.1, 0.15) is 80.6 Å². The second-order valence-corrected chi connectivity index (χ2v) is 8.35. The maximum Gasteiger partial charge on any atom is 0.118 e. The van der Waals surface area contributed by atoms with Crippen LogP contribution < -0.4 is 4.74 Å². The number of ether oxygens (including phenoxy) is 1. The number of hydrogen-bond acceptors (Lipinski definition) is 3. The molecule has 3 atom stereocenters. The van der Waals surface area contributed by atoms with Gasteiger partial charge in [0.2, 0.25) is 0 Å². The lowest BCUT2D eigenvalue weighted by atomic mass is 9.78. The number of aliphatic hydroxyl groups excluding tert-OH is 1. The molecule has 3 nitrogen and oxygen atoms in total. The zero-order valence-electron chi connectivity index (χ0n) is 18.3. The topological polar surface area (TPSA) is 32.7 Å². The van der Waals surface area contributed by atoms with Crippen LogP contribution >= 0.6 is 0 Å². The number of piperidine rings is 1. The van der Waals surface area contributed by atoms with Crippen LogP contribution in [0.25, 0.3) is 0 Å². The molecule has 0 radical (unpaired) electrons. The first-order valence-electron chi connectivity index (χ1n) is 11.3. The molecule has 0 unspecified atom stereocenters. The predicted octanol–water partition coefficient (Wildman–Crippen LogP) is 5.90. The Morgan fingerprint density at radius 3 is 1.76 bits per heavy atom. The minimum absolute atomic E-state index is 0.397. The van der Waals surface area contributed by atoms with Gasteiger partial charge in [-0.15, -0.1) is 0 Å². The van der Waals surface area contributed by atoms with E-state index >= 15 is 0 Å². The predicted molar refractivity (Wildman–Crippen MR) is 121 cm³/mol. The normalized spacial score (nSPS) is 18.2. The molecule has 0 bridgehead atoms. The molecule has 29 heavy (non-hydrogen) atoms. The van der Waals surface area contributed by atoms with E-state index in [0.717, 1.165) is 43.8 Å². The Morgan fingerprint density at radius 2 is 1.28 bits per heavy atom. The zero-order valence-corrected chi connectivity index (χ0v) is 18.3. The average Bonchev–Trinajstić information content (AvgIpc) is 2.78. The maximum atomic E-state index is 10.7. The number of methoxy groups -OCH3 is 1. The molecule has 0 spiro atoms. The molecule has 2 aromatic carbocycles. The van der Waals surface area contributed by atoms with E-state index in [0.29, 0.717) is 11.8 Å². The van der Waals surface area contributed by atoms with Crippen LogP contribution in [-0.4, -0.2) is 36.8 Å². The van der Waals surface area contributed by atoms with Gasteiger partial charge in [-0.2, -0.15) is 0 Å². The van der Waals surface area contributed by atoms with Gasteiger partial charge in [0.15, 0.2) is 0 Å². The molecule has 0 aromatic heterocycles. The van der Waals surface area contributed by atoms with E-state index in [4.69, 9.17) is 4.74 Å². The highest BCUT2D eigenvalue weighted by atomic mass is 16.5. The van der Waals surface area contributed by atoms with Crippen molar-refractivity contribution in [2.75, 3.05) is 26.7 Å². The first-order valence-corrected chi connectivity index (χ1v) is 11.3. The van der Waals surface area contributed by atoms with Gasteiger partial charge in [0.25, 0.3) is 0 Å². The molecule has 158 valence electrons. The van der Waals surface area contributed by atoms with Crippen LogP contribution in [0.3, 0.4) is 0 Å². The Bertz CT molecular complexity index is 719. The minimum Gasteiger partial charge on any atom is -0.497 e. The van der Waals surface area contributed by atoms with Crippen molar-refractivity contribution in [1.29, 1.82) is 0 Å². The van der Waals surface area contributed by atoms with Gasteiger partial charge in [-0.25, -0.2) is 0 Å². The maximum absolute atomic E-state index is 10.7. The molecular formula is C26H37NO2. The quantitative estimate of drug-likeness (QED) is 0.573. The molecular weight excluding hydrogens is 358 g/mol. The summed E-state index contributed by atoms with van der Waals surface area (Å²) in [5.41, 5.74) is 3.77. The molecule has 1 aliphatic rings. The molecule has 1 N–H and O–H groups in total. The molecule has 0 saturated carbocycles. The first kappa shape index (κ1) is 21.9. The summed E-state index contributed by atoms with van der Waals surface area (Å²) < 4.78 is 5.32. The molecule has 3 heteroatoms. The summed E-state index contributed by atoms with van der Waals surface area (Å²) >= 11 is 0. The largest absolute Gasteiger partial charge is 0.497 e. The average molecular weight is 396 g/mol. The van der Waals surface area contributed by atoms with Gasteiger partial charge in [0.05, 0.1) is 13.2 Å². The Balaban J connectivity index is 1.71. The van der Waals surface area contributed by atoms with Crippen molar-refractivity contribution in [1.82, 2.24) is 4.90 Å². The number of β-amino-alcohol motifs (C(OH)–C–C–N with tert-alkyl or cyclic N) is 1. The van der Waals surface area contributed by atoms with Gasteiger partial charge in [0, 0.05) is 6.54 Å². The fourth-order valence-electron chi connectivity index (χ4n) is 4.81. The van der Waals surface area contributed by atoms with Crippen molar-refractivity contribution in [2.24, 2.45) is 0 Å². The lowest BCUT2D eigenvalue weighted by Crippen LogP contribution is -2.33. The summed E-state index contributed by atoms with van der Waals surface area (Å²) in [6.07, 6.45) is 5.64. The van der Waals surface area contributed by atoms with Crippen molar-refractivity contribution in [3.63, 3.8) is 0 Å². The molecule has 3 rings (SSSR count). The SMILES string of the molecule is CC[C@H](c1ccc([C@H](O)CN2CCCCC2)cc1)[C@@H](CC)c1ccc(OC)cc1. The van der Waals surface area contributed by atoms with Crippen molar-refractivity contribution in [3.8, 4) is 5.75 Å². The zero-order chi connectivity index (χ0) is 20.6. The fourth-order valence-corrected chi connectivity index (χ4v) is 4.81. The van der Waals surface area contributed by atoms with E-state index in [9.17, 15) is 5.11 Å². The van der Waals surface area contributed by atoms with Crippen molar-refractivity contribution < 1.29 is 9.84 Å². The van der Waals surface area contributed by atoms with Crippen LogP contribution in [0.5, 0.6) is 5.75 Å². The highest BCUT2D eigenvalue weighted by molar-refractivity contribution is 5.34. The van der Waals surface area contributed by atoms with E-state index in [1.54, 1.807) is 7.11 Å². The third-order valence-corrected chi connectivity index (χ3v) is 6.54. The Labute approximate surface area is 176 Å². The van der Waals surface area contributed by atoms with E-state index in [-0.39, 0.29) is 0 Å². The van der Waals surface area contributed by atoms with Gasteiger partial charge >= 0.3 is 0 Å². The van der Waals surface area contributed by atoms with Gasteiger partial charge in [-0.1, -0.05) is 56.7 Å². The third-order valence-electron chi connectivity index (χ3n) is 6.54. The fraction of sp³-hybridized carbons (Fsp3) is 0.538. The highest BCUT2D eigenvalue weighted by Gasteiger charge is 2.23. The second kappa shape index (κ2) is 10.8. The lowest BCUT2D eigenvalue weighted by Gasteiger charge is -2.29. The van der Waals surface area contributed by atoms with E-state index in [2.05, 4.69) is 67.3 Å². The molecule has 0 amide bonds. The van der Waals surface area contributed by atoms with Crippen molar-refractivity contribution in [2.45, 2.75) is 63.9 Å². The van der Waals surface area contributed by atoms with E-state index in [1.807, 2.05) is 0 Å². The second-order valence-electron chi connectivity index (χ2n) is 8.35. The first-order chi connectivity index (χ1) is 14.2. The standard InChI is InChI=1S/C26H37NO2/c1-4-24(25(5-2)21-13-15-23(29-3)16-14-21)20-9-11-22(12-10-20)26(28)19-27-17-7-6-8-18-27/h9-16,24-26,28H,4-8,17-19H2,1-3H3/t24-,25+,26-/m1/s1. The lowest BCUT2D eigenvalue weighted by molar-refractivity contribution is 0.101. The summed E-state index contributed by atoms with van der Waals surface area (Å²) in [6.45, 7) is 7.53. The summed E-state index contributed by atoms with van der Waals surface area (Å²) in [5, 5.41) is 10.7. The molecule has 0 aliphatic carbocycles. The van der Waals surface area contributed by atoms with Gasteiger partial charge in [-0.3, -0.25) is 0 Å². The summed E-state index contributed by atoms with van der Waals surface area (Å²) in [6, 6.07) is 17.2. The summed E-state index contributed by atoms with van der Waals surface area (Å²) in [5.74, 6) is 1.86. The molecule has 1 heterocycles. The van der Waals surface area contributed by atoms with Gasteiger partial charge < -0.3 is 14.7 Å². The Morgan fingerprint density at radius 1 is 0.793 bits per heavy atom. The number of rotatable bonds is 9. The van der Waals surface area contributed by atoms with E-state index in [1.165, 1.54) is 30.4 Å². The van der Waals surface area contributed by atoms with Crippen LogP contribution in [0.2, 0.25) is 0 Å². The Kier molecular flexibility index (Phi) is 8.14. The number of aliphatic hydroxyl groups is 1. The monoisotopic (exact) mass is 395 g/mol. The summed E-state index contributed by atoms with van der Waals surface area (Å²) in [7, 11) is 1.71. The number of benzene rings is 2. The van der Waals surface area contributed by atoms with E-state index < -0.39 is 6.10 Å². The minimum atomic E-state index is -0.397. The van der Waals surface area contributed by atoms with Crippen molar-refractivity contribution >= 4 is 0 Å².